The van der Waals surface area contributed by atoms with Crippen molar-refractivity contribution in [2.75, 3.05) is 27.3 Å². The van der Waals surface area contributed by atoms with E-state index in [4.69, 9.17) is 9.47 Å². The summed E-state index contributed by atoms with van der Waals surface area (Å²) in [6.45, 7) is 6.03. The minimum atomic E-state index is -0.544. The molecule has 0 fully saturated rings. The molecule has 0 saturated heterocycles. The predicted molar refractivity (Wildman–Crippen MR) is 116 cm³/mol. The molecule has 3 rings (SSSR count). The fourth-order valence-corrected chi connectivity index (χ4v) is 3.73. The largest absolute Gasteiger partial charge is 0.493 e. The standard InChI is InChI=1S/C24H30N2O4/c1-24(2,3)23(28)25-15-21(27)26-12-11-17-13-19(29-4)20(30-5)14-18(17)22(26)16-9-7-6-8-10-16/h6-10,13-14,22H,11-12,15H2,1-5H3,(H,25,28). The SMILES string of the molecule is COc1cc2c(cc1OC)C(c1ccccc1)N(C(=O)CNC(=O)C(C)(C)C)CC2. The summed E-state index contributed by atoms with van der Waals surface area (Å²) >= 11 is 0. The molecule has 6 heteroatoms. The van der Waals surface area contributed by atoms with Gasteiger partial charge in [0.2, 0.25) is 11.8 Å². The molecule has 0 radical (unpaired) electrons. The first-order valence-electron chi connectivity index (χ1n) is 10.1. The number of ether oxygens (including phenoxy) is 2. The van der Waals surface area contributed by atoms with Crippen LogP contribution < -0.4 is 14.8 Å². The average Bonchev–Trinajstić information content (AvgIpc) is 2.75. The van der Waals surface area contributed by atoms with Gasteiger partial charge in [0.25, 0.3) is 0 Å². The molecule has 0 spiro atoms. The van der Waals surface area contributed by atoms with Gasteiger partial charge in [-0.05, 0) is 35.2 Å². The van der Waals surface area contributed by atoms with Crippen LogP contribution in [-0.4, -0.2) is 44.0 Å². The van der Waals surface area contributed by atoms with Gasteiger partial charge >= 0.3 is 0 Å². The zero-order valence-electron chi connectivity index (χ0n) is 18.3. The molecule has 2 amide bonds. The van der Waals surface area contributed by atoms with E-state index in [2.05, 4.69) is 5.32 Å². The number of methoxy groups -OCH3 is 2. The zero-order chi connectivity index (χ0) is 21.9. The van der Waals surface area contributed by atoms with Gasteiger partial charge in [0, 0.05) is 12.0 Å². The van der Waals surface area contributed by atoms with Crippen LogP contribution in [0.15, 0.2) is 42.5 Å². The van der Waals surface area contributed by atoms with Crippen LogP contribution in [-0.2, 0) is 16.0 Å². The molecule has 1 unspecified atom stereocenters. The number of benzene rings is 2. The van der Waals surface area contributed by atoms with Crippen LogP contribution in [0, 0.1) is 5.41 Å². The lowest BCUT2D eigenvalue weighted by Gasteiger charge is -2.38. The normalized spacial score (nSPS) is 15.9. The second kappa shape index (κ2) is 8.78. The molecule has 30 heavy (non-hydrogen) atoms. The Morgan fingerprint density at radius 2 is 1.70 bits per heavy atom. The Morgan fingerprint density at radius 1 is 1.07 bits per heavy atom. The summed E-state index contributed by atoms with van der Waals surface area (Å²) in [5.74, 6) is 1.06. The smallest absolute Gasteiger partial charge is 0.242 e. The highest BCUT2D eigenvalue weighted by atomic mass is 16.5. The van der Waals surface area contributed by atoms with Crippen molar-refractivity contribution >= 4 is 11.8 Å². The minimum absolute atomic E-state index is 0.0257. The van der Waals surface area contributed by atoms with Gasteiger partial charge in [-0.25, -0.2) is 0 Å². The Bertz CT molecular complexity index is 919. The number of nitrogens with zero attached hydrogens (tertiary/aromatic N) is 1. The van der Waals surface area contributed by atoms with Crippen LogP contribution in [0.5, 0.6) is 11.5 Å². The molecule has 6 nitrogen and oxygen atoms in total. The topological polar surface area (TPSA) is 67.9 Å². The summed E-state index contributed by atoms with van der Waals surface area (Å²) in [5.41, 5.74) is 2.61. The number of hydrogen-bond donors (Lipinski definition) is 1. The average molecular weight is 411 g/mol. The van der Waals surface area contributed by atoms with E-state index < -0.39 is 5.41 Å². The molecule has 1 atom stereocenters. The lowest BCUT2D eigenvalue weighted by atomic mass is 9.87. The van der Waals surface area contributed by atoms with Crippen LogP contribution in [0.1, 0.15) is 43.5 Å². The number of carbonyl (C=O) groups excluding carboxylic acids is 2. The molecule has 1 heterocycles. The van der Waals surface area contributed by atoms with Gasteiger partial charge in [-0.3, -0.25) is 9.59 Å². The first-order chi connectivity index (χ1) is 14.3. The zero-order valence-corrected chi connectivity index (χ0v) is 18.3. The third-order valence-electron chi connectivity index (χ3n) is 5.39. The second-order valence-corrected chi connectivity index (χ2v) is 8.49. The van der Waals surface area contributed by atoms with E-state index in [1.165, 1.54) is 0 Å². The first kappa shape index (κ1) is 21.7. The van der Waals surface area contributed by atoms with E-state index in [1.807, 2.05) is 68.1 Å². The molecule has 1 aliphatic rings. The maximum Gasteiger partial charge on any atom is 0.242 e. The minimum Gasteiger partial charge on any atom is -0.493 e. The molecule has 2 aromatic carbocycles. The van der Waals surface area contributed by atoms with Gasteiger partial charge in [0.05, 0.1) is 26.8 Å². The highest BCUT2D eigenvalue weighted by Crippen LogP contribution is 2.40. The summed E-state index contributed by atoms with van der Waals surface area (Å²) in [5, 5.41) is 2.78. The molecule has 2 aromatic rings. The maximum absolute atomic E-state index is 13.2. The second-order valence-electron chi connectivity index (χ2n) is 8.49. The van der Waals surface area contributed by atoms with Crippen LogP contribution in [0.4, 0.5) is 0 Å². The Balaban J connectivity index is 1.97. The Hall–Kier alpha value is -3.02. The van der Waals surface area contributed by atoms with Gasteiger partial charge < -0.3 is 19.7 Å². The molecule has 1 aliphatic heterocycles. The van der Waals surface area contributed by atoms with Crippen LogP contribution in [0.3, 0.4) is 0 Å². The number of rotatable bonds is 5. The van der Waals surface area contributed by atoms with Gasteiger partial charge in [0.15, 0.2) is 11.5 Å². The Labute approximate surface area is 178 Å². The Kier molecular flexibility index (Phi) is 6.34. The lowest BCUT2D eigenvalue weighted by molar-refractivity contribution is -0.136. The molecule has 0 saturated carbocycles. The van der Waals surface area contributed by atoms with E-state index in [0.29, 0.717) is 24.5 Å². The summed E-state index contributed by atoms with van der Waals surface area (Å²) < 4.78 is 11.0. The third kappa shape index (κ3) is 4.42. The molecule has 160 valence electrons. The van der Waals surface area contributed by atoms with E-state index in [0.717, 1.165) is 16.7 Å². The summed E-state index contributed by atoms with van der Waals surface area (Å²) in [4.78, 5) is 27.2. The van der Waals surface area contributed by atoms with Crippen molar-refractivity contribution in [1.82, 2.24) is 10.2 Å². The van der Waals surface area contributed by atoms with E-state index in [-0.39, 0.29) is 24.4 Å². The van der Waals surface area contributed by atoms with E-state index in [9.17, 15) is 9.59 Å². The van der Waals surface area contributed by atoms with Gasteiger partial charge in [0.1, 0.15) is 0 Å². The first-order valence-corrected chi connectivity index (χ1v) is 10.1. The number of nitrogens with one attached hydrogen (secondary N) is 1. The van der Waals surface area contributed by atoms with Gasteiger partial charge in [-0.2, -0.15) is 0 Å². The van der Waals surface area contributed by atoms with Crippen molar-refractivity contribution < 1.29 is 19.1 Å². The van der Waals surface area contributed by atoms with Gasteiger partial charge in [-0.15, -0.1) is 0 Å². The van der Waals surface area contributed by atoms with Crippen LogP contribution >= 0.6 is 0 Å². The predicted octanol–water partition coefficient (Wildman–Crippen LogP) is 3.34. The molecule has 0 aliphatic carbocycles. The molecular weight excluding hydrogens is 380 g/mol. The monoisotopic (exact) mass is 410 g/mol. The number of fused-ring (bicyclic) bond motifs is 1. The maximum atomic E-state index is 13.2. The fraction of sp³-hybridized carbons (Fsp3) is 0.417. The van der Waals surface area contributed by atoms with E-state index >= 15 is 0 Å². The number of carbonyl (C=O) groups is 2. The van der Waals surface area contributed by atoms with Crippen LogP contribution in [0.25, 0.3) is 0 Å². The van der Waals surface area contributed by atoms with Gasteiger partial charge in [-0.1, -0.05) is 51.1 Å². The van der Waals surface area contributed by atoms with Crippen molar-refractivity contribution in [3.8, 4) is 11.5 Å². The Morgan fingerprint density at radius 3 is 2.30 bits per heavy atom. The number of hydrogen-bond acceptors (Lipinski definition) is 4. The summed E-state index contributed by atoms with van der Waals surface area (Å²) in [6.07, 6.45) is 0.706. The van der Waals surface area contributed by atoms with Crippen LogP contribution in [0.2, 0.25) is 0 Å². The molecule has 0 aromatic heterocycles. The highest BCUT2D eigenvalue weighted by molar-refractivity contribution is 5.87. The van der Waals surface area contributed by atoms with Crippen molar-refractivity contribution in [1.29, 1.82) is 0 Å². The highest BCUT2D eigenvalue weighted by Gasteiger charge is 2.33. The molecule has 0 bridgehead atoms. The summed E-state index contributed by atoms with van der Waals surface area (Å²) in [7, 11) is 3.23. The fourth-order valence-electron chi connectivity index (χ4n) is 3.73. The quantitative estimate of drug-likeness (QED) is 0.821. The van der Waals surface area contributed by atoms with Crippen molar-refractivity contribution in [3.63, 3.8) is 0 Å². The summed E-state index contributed by atoms with van der Waals surface area (Å²) in [6, 6.07) is 13.6. The van der Waals surface area contributed by atoms with Crippen molar-refractivity contribution in [2.45, 2.75) is 33.2 Å². The number of amides is 2. The van der Waals surface area contributed by atoms with Crippen molar-refractivity contribution in [2.24, 2.45) is 5.41 Å². The molecular formula is C24H30N2O4. The lowest BCUT2D eigenvalue weighted by Crippen LogP contribution is -2.47. The molecule has 1 N–H and O–H groups in total. The third-order valence-corrected chi connectivity index (χ3v) is 5.39. The van der Waals surface area contributed by atoms with Crippen molar-refractivity contribution in [3.05, 3.63) is 59.2 Å². The van der Waals surface area contributed by atoms with E-state index in [1.54, 1.807) is 14.2 Å².